The Morgan fingerprint density at radius 1 is 1.13 bits per heavy atom. The number of ether oxygens (including phenoxy) is 1. The fraction of sp³-hybridized carbons (Fsp3) is 0.579. The summed E-state index contributed by atoms with van der Waals surface area (Å²) in [7, 11) is 1.43. The van der Waals surface area contributed by atoms with Crippen molar-refractivity contribution in [2.45, 2.75) is 57.4 Å². The summed E-state index contributed by atoms with van der Waals surface area (Å²) in [6.07, 6.45) is 6.13. The fourth-order valence-corrected chi connectivity index (χ4v) is 4.06. The van der Waals surface area contributed by atoms with Crippen molar-refractivity contribution in [2.24, 2.45) is 5.92 Å². The van der Waals surface area contributed by atoms with E-state index in [1.54, 1.807) is 0 Å². The number of nitrogens with zero attached hydrogens (tertiary/aromatic N) is 1. The number of para-hydroxylation sites is 1. The van der Waals surface area contributed by atoms with Crippen LogP contribution < -0.4 is 4.90 Å². The lowest BCUT2D eigenvalue weighted by atomic mass is 9.83. The van der Waals surface area contributed by atoms with Gasteiger partial charge in [0, 0.05) is 17.6 Å². The van der Waals surface area contributed by atoms with E-state index in [-0.39, 0.29) is 29.8 Å². The number of rotatable bonds is 2. The smallest absolute Gasteiger partial charge is 0.313 e. The van der Waals surface area contributed by atoms with E-state index in [4.69, 9.17) is 4.74 Å². The molecule has 0 spiro atoms. The second-order valence-electron chi connectivity index (χ2n) is 6.76. The van der Waals surface area contributed by atoms with Crippen LogP contribution in [0.2, 0.25) is 0 Å². The van der Waals surface area contributed by atoms with Gasteiger partial charge in [-0.1, -0.05) is 37.5 Å². The van der Waals surface area contributed by atoms with E-state index >= 15 is 0 Å². The SMILES string of the molecule is COC(=O)C1CC(C)N(C(=O)C2CCCCC2)c2ccccc21. The number of anilines is 1. The van der Waals surface area contributed by atoms with E-state index in [2.05, 4.69) is 0 Å². The molecule has 1 saturated carbocycles. The molecule has 124 valence electrons. The maximum Gasteiger partial charge on any atom is 0.313 e. The van der Waals surface area contributed by atoms with Gasteiger partial charge in [-0.15, -0.1) is 0 Å². The van der Waals surface area contributed by atoms with Crippen molar-refractivity contribution in [3.05, 3.63) is 29.8 Å². The van der Waals surface area contributed by atoms with Gasteiger partial charge in [0.1, 0.15) is 0 Å². The van der Waals surface area contributed by atoms with Crippen LogP contribution in [0.3, 0.4) is 0 Å². The third-order valence-electron chi connectivity index (χ3n) is 5.27. The first-order chi connectivity index (χ1) is 11.1. The maximum absolute atomic E-state index is 13.1. The van der Waals surface area contributed by atoms with E-state index in [9.17, 15) is 9.59 Å². The number of hydrogen-bond acceptors (Lipinski definition) is 3. The molecule has 2 atom stereocenters. The zero-order valence-corrected chi connectivity index (χ0v) is 14.0. The first-order valence-corrected chi connectivity index (χ1v) is 8.63. The van der Waals surface area contributed by atoms with Gasteiger partial charge in [-0.3, -0.25) is 9.59 Å². The molecular formula is C19H25NO3. The first-order valence-electron chi connectivity index (χ1n) is 8.63. The highest BCUT2D eigenvalue weighted by Gasteiger charge is 2.39. The second-order valence-corrected chi connectivity index (χ2v) is 6.76. The zero-order chi connectivity index (χ0) is 16.4. The van der Waals surface area contributed by atoms with E-state index in [0.717, 1.165) is 36.9 Å². The lowest BCUT2D eigenvalue weighted by molar-refractivity contribution is -0.143. The van der Waals surface area contributed by atoms with Crippen LogP contribution in [0, 0.1) is 5.92 Å². The monoisotopic (exact) mass is 315 g/mol. The number of hydrogen-bond donors (Lipinski definition) is 0. The minimum Gasteiger partial charge on any atom is -0.469 e. The Kier molecular flexibility index (Phi) is 4.69. The van der Waals surface area contributed by atoms with Crippen LogP contribution in [0.1, 0.15) is 56.9 Å². The lowest BCUT2D eigenvalue weighted by Crippen LogP contribution is -2.47. The predicted octanol–water partition coefficient (Wildman–Crippen LogP) is 3.65. The minimum absolute atomic E-state index is 0.0171. The van der Waals surface area contributed by atoms with Gasteiger partial charge in [0.05, 0.1) is 13.0 Å². The average molecular weight is 315 g/mol. The van der Waals surface area contributed by atoms with E-state index < -0.39 is 0 Å². The van der Waals surface area contributed by atoms with Crippen molar-refractivity contribution in [1.82, 2.24) is 0 Å². The molecule has 0 saturated heterocycles. The lowest BCUT2D eigenvalue weighted by Gasteiger charge is -2.40. The van der Waals surface area contributed by atoms with Gasteiger partial charge < -0.3 is 9.64 Å². The highest BCUT2D eigenvalue weighted by molar-refractivity contribution is 5.98. The summed E-state index contributed by atoms with van der Waals surface area (Å²) in [5.74, 6) is -0.127. The second kappa shape index (κ2) is 6.73. The van der Waals surface area contributed by atoms with Gasteiger partial charge in [-0.2, -0.15) is 0 Å². The van der Waals surface area contributed by atoms with Gasteiger partial charge in [0.2, 0.25) is 5.91 Å². The highest BCUT2D eigenvalue weighted by Crippen LogP contribution is 2.40. The largest absolute Gasteiger partial charge is 0.469 e. The third kappa shape index (κ3) is 2.99. The van der Waals surface area contributed by atoms with E-state index in [1.165, 1.54) is 13.5 Å². The molecule has 3 rings (SSSR count). The molecule has 4 heteroatoms. The summed E-state index contributed by atoms with van der Waals surface area (Å²) in [5.41, 5.74) is 1.80. The van der Waals surface area contributed by atoms with E-state index in [0.29, 0.717) is 6.42 Å². The number of fused-ring (bicyclic) bond motifs is 1. The summed E-state index contributed by atoms with van der Waals surface area (Å²) < 4.78 is 4.96. The topological polar surface area (TPSA) is 46.6 Å². The number of methoxy groups -OCH3 is 1. The number of benzene rings is 1. The molecule has 1 aromatic carbocycles. The van der Waals surface area contributed by atoms with Crippen molar-refractivity contribution in [1.29, 1.82) is 0 Å². The normalized spacial score (nSPS) is 24.9. The zero-order valence-electron chi connectivity index (χ0n) is 14.0. The molecule has 0 radical (unpaired) electrons. The van der Waals surface area contributed by atoms with Crippen molar-refractivity contribution in [2.75, 3.05) is 12.0 Å². The molecule has 1 amide bonds. The van der Waals surface area contributed by atoms with E-state index in [1.807, 2.05) is 36.1 Å². The van der Waals surface area contributed by atoms with Crippen LogP contribution >= 0.6 is 0 Å². The molecule has 1 heterocycles. The molecule has 1 aromatic rings. The third-order valence-corrected chi connectivity index (χ3v) is 5.27. The van der Waals surface area contributed by atoms with Gasteiger partial charge in [0.25, 0.3) is 0 Å². The Balaban J connectivity index is 1.94. The minimum atomic E-state index is -0.276. The molecule has 23 heavy (non-hydrogen) atoms. The first kappa shape index (κ1) is 16.0. The molecule has 0 aromatic heterocycles. The maximum atomic E-state index is 13.1. The van der Waals surface area contributed by atoms with Gasteiger partial charge in [0.15, 0.2) is 0 Å². The number of carbonyl (C=O) groups is 2. The van der Waals surface area contributed by atoms with Crippen LogP contribution in [0.5, 0.6) is 0 Å². The Morgan fingerprint density at radius 2 is 1.83 bits per heavy atom. The molecule has 1 fully saturated rings. The summed E-state index contributed by atoms with van der Waals surface area (Å²) in [4.78, 5) is 27.1. The highest BCUT2D eigenvalue weighted by atomic mass is 16.5. The summed E-state index contributed by atoms with van der Waals surface area (Å²) in [6, 6.07) is 7.79. The summed E-state index contributed by atoms with van der Waals surface area (Å²) >= 11 is 0. The molecule has 2 unspecified atom stereocenters. The Labute approximate surface area is 137 Å². The summed E-state index contributed by atoms with van der Waals surface area (Å²) in [5, 5.41) is 0. The van der Waals surface area contributed by atoms with Crippen molar-refractivity contribution in [3.63, 3.8) is 0 Å². The fourth-order valence-electron chi connectivity index (χ4n) is 4.06. The molecule has 1 aliphatic carbocycles. The standard InChI is InChI=1S/C19H25NO3/c1-13-12-16(19(22)23-2)15-10-6-7-11-17(15)20(13)18(21)14-8-4-3-5-9-14/h6-7,10-11,13-14,16H,3-5,8-9,12H2,1-2H3. The van der Waals surface area contributed by atoms with Crippen LogP contribution in [0.25, 0.3) is 0 Å². The molecule has 4 nitrogen and oxygen atoms in total. The Bertz CT molecular complexity index is 592. The number of carbonyl (C=O) groups excluding carboxylic acids is 2. The van der Waals surface area contributed by atoms with Gasteiger partial charge in [-0.25, -0.2) is 0 Å². The predicted molar refractivity (Wildman–Crippen MR) is 89.3 cm³/mol. The molecule has 0 bridgehead atoms. The van der Waals surface area contributed by atoms with Crippen molar-refractivity contribution in [3.8, 4) is 0 Å². The molecule has 2 aliphatic rings. The quantitative estimate of drug-likeness (QED) is 0.783. The van der Waals surface area contributed by atoms with Crippen LogP contribution in [-0.4, -0.2) is 25.0 Å². The van der Waals surface area contributed by atoms with Crippen LogP contribution in [0.15, 0.2) is 24.3 Å². The van der Waals surface area contributed by atoms with Gasteiger partial charge in [-0.05, 0) is 37.8 Å². The molecular weight excluding hydrogens is 290 g/mol. The van der Waals surface area contributed by atoms with Crippen molar-refractivity contribution >= 4 is 17.6 Å². The molecule has 0 N–H and O–H groups in total. The average Bonchev–Trinajstić information content (AvgIpc) is 2.60. The Hall–Kier alpha value is -1.84. The van der Waals surface area contributed by atoms with Gasteiger partial charge >= 0.3 is 5.97 Å². The van der Waals surface area contributed by atoms with Crippen LogP contribution in [0.4, 0.5) is 5.69 Å². The summed E-state index contributed by atoms with van der Waals surface area (Å²) in [6.45, 7) is 2.03. The van der Waals surface area contributed by atoms with Crippen molar-refractivity contribution < 1.29 is 14.3 Å². The van der Waals surface area contributed by atoms with Crippen LogP contribution in [-0.2, 0) is 14.3 Å². The number of amides is 1. The molecule has 1 aliphatic heterocycles. The number of esters is 1. The Morgan fingerprint density at radius 3 is 2.52 bits per heavy atom.